The third kappa shape index (κ3) is 2.80. The molecule has 124 valence electrons. The lowest BCUT2D eigenvalue weighted by Crippen LogP contribution is -2.40. The molecule has 8 heteroatoms. The maximum Gasteiger partial charge on any atom is 0.243 e. The van der Waals surface area contributed by atoms with Gasteiger partial charge in [0.05, 0.1) is 17.2 Å². The number of benzene rings is 1. The van der Waals surface area contributed by atoms with E-state index in [0.717, 1.165) is 11.3 Å². The summed E-state index contributed by atoms with van der Waals surface area (Å²) in [5.41, 5.74) is 1.26. The molecule has 0 radical (unpaired) electrons. The van der Waals surface area contributed by atoms with E-state index in [0.29, 0.717) is 22.4 Å². The average molecular weight is 344 g/mol. The summed E-state index contributed by atoms with van der Waals surface area (Å²) < 4.78 is 6.99. The molecule has 0 saturated carbocycles. The standard InChI is InChI=1S/C16H16N4O3S/c1-4-23-13-7-5-12(6-8-13)14-15(10(2)21)24-16-18-17-9-19(16)20(14)11(3)22/h5-9H,4H2,1-3H3. The molecular weight excluding hydrogens is 328 g/mol. The van der Waals surface area contributed by atoms with E-state index in [1.165, 1.54) is 36.9 Å². The van der Waals surface area contributed by atoms with E-state index < -0.39 is 0 Å². The minimum Gasteiger partial charge on any atom is -0.494 e. The topological polar surface area (TPSA) is 77.3 Å². The predicted octanol–water partition coefficient (Wildman–Crippen LogP) is 2.22. The molecule has 1 amide bonds. The molecule has 3 rings (SSSR count). The normalized spacial score (nSPS) is 13.7. The summed E-state index contributed by atoms with van der Waals surface area (Å²) in [7, 11) is 0. The molecular formula is C16H16N4O3S. The van der Waals surface area contributed by atoms with Gasteiger partial charge in [-0.3, -0.25) is 9.59 Å². The van der Waals surface area contributed by atoms with E-state index in [-0.39, 0.29) is 11.7 Å². The molecule has 2 heterocycles. The molecule has 0 bridgehead atoms. The Morgan fingerprint density at radius 3 is 2.50 bits per heavy atom. The Morgan fingerprint density at radius 2 is 1.92 bits per heavy atom. The van der Waals surface area contributed by atoms with Gasteiger partial charge in [0.25, 0.3) is 0 Å². The maximum absolute atomic E-state index is 12.3. The van der Waals surface area contributed by atoms with Gasteiger partial charge in [0.1, 0.15) is 12.1 Å². The number of amides is 1. The van der Waals surface area contributed by atoms with Crippen molar-refractivity contribution in [3.05, 3.63) is 41.1 Å². The van der Waals surface area contributed by atoms with E-state index in [4.69, 9.17) is 4.74 Å². The SMILES string of the molecule is CCOc1ccc(C2=C(C(C)=O)Sc3nncn3N2C(C)=O)cc1. The zero-order valence-electron chi connectivity index (χ0n) is 13.5. The monoisotopic (exact) mass is 344 g/mol. The van der Waals surface area contributed by atoms with Crippen molar-refractivity contribution in [1.82, 2.24) is 14.9 Å². The van der Waals surface area contributed by atoms with Gasteiger partial charge in [0, 0.05) is 12.5 Å². The van der Waals surface area contributed by atoms with Crippen LogP contribution in [-0.2, 0) is 9.59 Å². The van der Waals surface area contributed by atoms with Gasteiger partial charge in [-0.1, -0.05) is 0 Å². The molecule has 1 aliphatic rings. The van der Waals surface area contributed by atoms with Crippen LogP contribution in [0.5, 0.6) is 5.75 Å². The fourth-order valence-electron chi connectivity index (χ4n) is 2.44. The molecule has 1 aliphatic heterocycles. The van der Waals surface area contributed by atoms with Crippen molar-refractivity contribution in [2.45, 2.75) is 25.9 Å². The number of hydrogen-bond acceptors (Lipinski definition) is 6. The van der Waals surface area contributed by atoms with E-state index in [1.807, 2.05) is 31.2 Å². The van der Waals surface area contributed by atoms with Crippen molar-refractivity contribution in [1.29, 1.82) is 0 Å². The van der Waals surface area contributed by atoms with Crippen molar-refractivity contribution in [2.75, 3.05) is 11.6 Å². The number of allylic oxidation sites excluding steroid dienone is 1. The lowest BCUT2D eigenvalue weighted by Gasteiger charge is -2.31. The fraction of sp³-hybridized carbons (Fsp3) is 0.250. The van der Waals surface area contributed by atoms with Crippen LogP contribution in [0.3, 0.4) is 0 Å². The van der Waals surface area contributed by atoms with Crippen molar-refractivity contribution in [3.8, 4) is 5.75 Å². The predicted molar refractivity (Wildman–Crippen MR) is 90.0 cm³/mol. The van der Waals surface area contributed by atoms with Crippen LogP contribution in [0.2, 0.25) is 0 Å². The van der Waals surface area contributed by atoms with E-state index in [9.17, 15) is 9.59 Å². The second-order valence-electron chi connectivity index (χ2n) is 5.08. The number of fused-ring (bicyclic) bond motifs is 1. The Balaban J connectivity index is 2.15. The number of Topliss-reactive ketones (excluding diaryl/α,β-unsaturated/α-hetero) is 1. The summed E-state index contributed by atoms with van der Waals surface area (Å²) in [5, 5.41) is 9.69. The number of ketones is 1. The van der Waals surface area contributed by atoms with E-state index >= 15 is 0 Å². The van der Waals surface area contributed by atoms with Gasteiger partial charge in [0.2, 0.25) is 11.1 Å². The first-order valence-corrected chi connectivity index (χ1v) is 8.22. The molecule has 0 fully saturated rings. The van der Waals surface area contributed by atoms with Crippen molar-refractivity contribution in [2.24, 2.45) is 0 Å². The van der Waals surface area contributed by atoms with Gasteiger partial charge in [-0.05, 0) is 49.9 Å². The summed E-state index contributed by atoms with van der Waals surface area (Å²) in [4.78, 5) is 24.9. The Bertz CT molecular complexity index is 826. The largest absolute Gasteiger partial charge is 0.494 e. The van der Waals surface area contributed by atoms with E-state index in [2.05, 4.69) is 10.2 Å². The zero-order valence-corrected chi connectivity index (χ0v) is 14.3. The lowest BCUT2D eigenvalue weighted by atomic mass is 10.1. The Hall–Kier alpha value is -2.61. The van der Waals surface area contributed by atoms with Crippen molar-refractivity contribution in [3.63, 3.8) is 0 Å². The lowest BCUT2D eigenvalue weighted by molar-refractivity contribution is -0.117. The van der Waals surface area contributed by atoms with Gasteiger partial charge in [-0.25, -0.2) is 9.69 Å². The Kier molecular flexibility index (Phi) is 4.39. The van der Waals surface area contributed by atoms with Crippen LogP contribution in [0.15, 0.2) is 40.7 Å². The Labute approximate surface area is 143 Å². The number of ether oxygens (including phenoxy) is 1. The van der Waals surface area contributed by atoms with Gasteiger partial charge in [-0.15, -0.1) is 10.2 Å². The van der Waals surface area contributed by atoms with Crippen molar-refractivity contribution < 1.29 is 14.3 Å². The number of aromatic nitrogens is 3. The summed E-state index contributed by atoms with van der Waals surface area (Å²) >= 11 is 1.20. The van der Waals surface area contributed by atoms with Crippen LogP contribution in [0.25, 0.3) is 5.70 Å². The average Bonchev–Trinajstić information content (AvgIpc) is 3.02. The van der Waals surface area contributed by atoms with Crippen LogP contribution in [-0.4, -0.2) is 33.2 Å². The van der Waals surface area contributed by atoms with Gasteiger partial charge in [0.15, 0.2) is 5.78 Å². The quantitative estimate of drug-likeness (QED) is 0.846. The first-order chi connectivity index (χ1) is 11.5. The minimum absolute atomic E-state index is 0.135. The van der Waals surface area contributed by atoms with Crippen LogP contribution in [0.4, 0.5) is 0 Å². The number of hydrogen-bond donors (Lipinski definition) is 0. The summed E-state index contributed by atoms with van der Waals surface area (Å²) in [6, 6.07) is 7.28. The molecule has 0 unspecified atom stereocenters. The van der Waals surface area contributed by atoms with Crippen LogP contribution in [0, 0.1) is 0 Å². The zero-order chi connectivity index (χ0) is 17.3. The highest BCUT2D eigenvalue weighted by molar-refractivity contribution is 8.04. The molecule has 0 N–H and O–H groups in total. The minimum atomic E-state index is -0.237. The molecule has 24 heavy (non-hydrogen) atoms. The van der Waals surface area contributed by atoms with Crippen LogP contribution < -0.4 is 9.75 Å². The first-order valence-electron chi connectivity index (χ1n) is 7.40. The number of carbonyl (C=O) groups is 2. The third-order valence-electron chi connectivity index (χ3n) is 3.39. The summed E-state index contributed by atoms with van der Waals surface area (Å²) in [5.74, 6) is 0.359. The summed E-state index contributed by atoms with van der Waals surface area (Å²) in [6.45, 7) is 5.39. The third-order valence-corrected chi connectivity index (χ3v) is 4.53. The number of rotatable bonds is 4. The maximum atomic E-state index is 12.3. The molecule has 0 saturated heterocycles. The molecule has 2 aromatic rings. The van der Waals surface area contributed by atoms with Crippen LogP contribution in [0.1, 0.15) is 26.3 Å². The molecule has 1 aromatic carbocycles. The van der Waals surface area contributed by atoms with Crippen LogP contribution >= 0.6 is 11.8 Å². The summed E-state index contributed by atoms with van der Waals surface area (Å²) in [6.07, 6.45) is 1.45. The van der Waals surface area contributed by atoms with E-state index in [1.54, 1.807) is 4.68 Å². The van der Waals surface area contributed by atoms with Gasteiger partial charge >= 0.3 is 0 Å². The molecule has 0 aliphatic carbocycles. The smallest absolute Gasteiger partial charge is 0.243 e. The van der Waals surface area contributed by atoms with Gasteiger partial charge < -0.3 is 4.74 Å². The van der Waals surface area contributed by atoms with Gasteiger partial charge in [-0.2, -0.15) is 0 Å². The fourth-order valence-corrected chi connectivity index (χ4v) is 3.38. The van der Waals surface area contributed by atoms with Crippen molar-refractivity contribution >= 4 is 29.1 Å². The number of thioether (sulfide) groups is 1. The molecule has 0 atom stereocenters. The highest BCUT2D eigenvalue weighted by atomic mass is 32.2. The second kappa shape index (κ2) is 6.48. The first kappa shape index (κ1) is 16.3. The molecule has 7 nitrogen and oxygen atoms in total. The number of carbonyl (C=O) groups excluding carboxylic acids is 2. The highest BCUT2D eigenvalue weighted by Crippen LogP contribution is 2.39. The second-order valence-corrected chi connectivity index (χ2v) is 6.06. The molecule has 0 spiro atoms. The number of nitrogens with zero attached hydrogens (tertiary/aromatic N) is 4. The highest BCUT2D eigenvalue weighted by Gasteiger charge is 2.32. The Morgan fingerprint density at radius 1 is 1.21 bits per heavy atom. The molecule has 1 aromatic heterocycles.